The van der Waals surface area contributed by atoms with Gasteiger partial charge in [-0.15, -0.1) is 0 Å². The first-order valence-corrected chi connectivity index (χ1v) is 10.5. The van der Waals surface area contributed by atoms with Gasteiger partial charge in [0.15, 0.2) is 4.96 Å². The molecule has 1 aliphatic rings. The van der Waals surface area contributed by atoms with Crippen LogP contribution in [0.25, 0.3) is 17.1 Å². The molecule has 0 atom stereocenters. The van der Waals surface area contributed by atoms with Crippen molar-refractivity contribution in [3.63, 3.8) is 0 Å². The average Bonchev–Trinajstić information content (AvgIpc) is 3.16. The highest BCUT2D eigenvalue weighted by Gasteiger charge is 2.22. The molecule has 1 fully saturated rings. The third kappa shape index (κ3) is 3.99. The highest BCUT2D eigenvalue weighted by Crippen LogP contribution is 2.22. The minimum Gasteiger partial charge on any atom is -0.378 e. The van der Waals surface area contributed by atoms with Gasteiger partial charge in [-0.3, -0.25) is 14.0 Å². The number of fused-ring (bicyclic) bond motifs is 1. The molecule has 1 aromatic carbocycles. The molecule has 0 aliphatic carbocycles. The molecular formula is C21H20ClN3O3S. The fraction of sp³-hybridized carbons (Fsp3) is 0.286. The Hall–Kier alpha value is -2.48. The first kappa shape index (κ1) is 19.8. The molecule has 1 aliphatic heterocycles. The van der Waals surface area contributed by atoms with E-state index in [1.54, 1.807) is 11.0 Å². The molecule has 6 nitrogen and oxygen atoms in total. The van der Waals surface area contributed by atoms with E-state index in [0.29, 0.717) is 41.8 Å². The predicted octanol–water partition coefficient (Wildman–Crippen LogP) is 3.67. The third-order valence-corrected chi connectivity index (χ3v) is 6.19. The Bertz CT molecular complexity index is 1180. The molecular weight excluding hydrogens is 410 g/mol. The maximum atomic E-state index is 12.7. The molecule has 150 valence electrons. The topological polar surface area (TPSA) is 63.9 Å². The molecule has 8 heteroatoms. The zero-order valence-corrected chi connectivity index (χ0v) is 17.7. The molecule has 3 heterocycles. The Balaban J connectivity index is 1.70. The van der Waals surface area contributed by atoms with Crippen molar-refractivity contribution in [3.05, 3.63) is 67.0 Å². The summed E-state index contributed by atoms with van der Waals surface area (Å²) in [5, 5.41) is 0.0345. The molecule has 29 heavy (non-hydrogen) atoms. The molecule has 0 bridgehead atoms. The van der Waals surface area contributed by atoms with Crippen molar-refractivity contribution < 1.29 is 9.53 Å². The van der Waals surface area contributed by atoms with E-state index in [9.17, 15) is 9.59 Å². The minimum absolute atomic E-state index is 0.0345. The molecule has 2 aromatic heterocycles. The number of ether oxygens (including phenoxy) is 1. The summed E-state index contributed by atoms with van der Waals surface area (Å²) >= 11 is 7.48. The van der Waals surface area contributed by atoms with Crippen LogP contribution in [-0.2, 0) is 4.74 Å². The number of aromatic nitrogens is 2. The van der Waals surface area contributed by atoms with Crippen molar-refractivity contribution in [2.75, 3.05) is 26.3 Å². The SMILES string of the molecule is Cc1ccc(C)c(/C=C/c2nc3sc(C(=O)N4CCOCC4)cn3c(=O)c2Cl)c1. The van der Waals surface area contributed by atoms with Gasteiger partial charge in [-0.25, -0.2) is 4.98 Å². The Morgan fingerprint density at radius 3 is 2.76 bits per heavy atom. The first-order chi connectivity index (χ1) is 13.9. The van der Waals surface area contributed by atoms with E-state index >= 15 is 0 Å². The van der Waals surface area contributed by atoms with E-state index in [1.165, 1.54) is 21.9 Å². The fourth-order valence-electron chi connectivity index (χ4n) is 3.18. The lowest BCUT2D eigenvalue weighted by molar-refractivity contribution is 0.0306. The summed E-state index contributed by atoms with van der Waals surface area (Å²) in [4.78, 5) is 32.6. The number of benzene rings is 1. The lowest BCUT2D eigenvalue weighted by atomic mass is 10.1. The Morgan fingerprint density at radius 1 is 1.24 bits per heavy atom. The number of morpholine rings is 1. The predicted molar refractivity (Wildman–Crippen MR) is 116 cm³/mol. The van der Waals surface area contributed by atoms with Gasteiger partial charge in [0.05, 0.1) is 18.9 Å². The van der Waals surface area contributed by atoms with Gasteiger partial charge in [-0.1, -0.05) is 52.8 Å². The summed E-state index contributed by atoms with van der Waals surface area (Å²) in [7, 11) is 0. The summed E-state index contributed by atoms with van der Waals surface area (Å²) in [5.41, 5.74) is 3.32. The maximum absolute atomic E-state index is 12.7. The Labute approximate surface area is 177 Å². The van der Waals surface area contributed by atoms with E-state index in [-0.39, 0.29) is 16.5 Å². The molecule has 1 saturated heterocycles. The summed E-state index contributed by atoms with van der Waals surface area (Å²) < 4.78 is 6.63. The first-order valence-electron chi connectivity index (χ1n) is 9.28. The molecule has 4 rings (SSSR count). The summed E-state index contributed by atoms with van der Waals surface area (Å²) in [5.74, 6) is -0.119. The summed E-state index contributed by atoms with van der Waals surface area (Å²) in [6, 6.07) is 6.16. The van der Waals surface area contributed by atoms with Crippen molar-refractivity contribution in [2.45, 2.75) is 13.8 Å². The van der Waals surface area contributed by atoms with Gasteiger partial charge in [0.2, 0.25) is 0 Å². The molecule has 0 unspecified atom stereocenters. The van der Waals surface area contributed by atoms with Gasteiger partial charge in [-0.05, 0) is 31.1 Å². The van der Waals surface area contributed by atoms with E-state index < -0.39 is 0 Å². The van der Waals surface area contributed by atoms with Crippen LogP contribution in [0.2, 0.25) is 5.02 Å². The van der Waals surface area contributed by atoms with E-state index in [2.05, 4.69) is 17.1 Å². The number of nitrogens with zero attached hydrogens (tertiary/aromatic N) is 3. The third-order valence-electron chi connectivity index (χ3n) is 4.87. The van der Waals surface area contributed by atoms with E-state index in [4.69, 9.17) is 16.3 Å². The zero-order chi connectivity index (χ0) is 20.5. The second kappa shape index (κ2) is 8.10. The number of hydrogen-bond acceptors (Lipinski definition) is 5. The van der Waals surface area contributed by atoms with Gasteiger partial charge >= 0.3 is 0 Å². The lowest BCUT2D eigenvalue weighted by Gasteiger charge is -2.26. The second-order valence-electron chi connectivity index (χ2n) is 6.96. The Morgan fingerprint density at radius 2 is 2.00 bits per heavy atom. The number of halogens is 1. The van der Waals surface area contributed by atoms with Crippen LogP contribution in [0.15, 0.2) is 29.2 Å². The smallest absolute Gasteiger partial charge is 0.277 e. The highest BCUT2D eigenvalue weighted by atomic mass is 35.5. The van der Waals surface area contributed by atoms with E-state index in [0.717, 1.165) is 16.7 Å². The highest BCUT2D eigenvalue weighted by molar-refractivity contribution is 7.18. The number of hydrogen-bond donors (Lipinski definition) is 0. The lowest BCUT2D eigenvalue weighted by Crippen LogP contribution is -2.40. The average molecular weight is 430 g/mol. The summed E-state index contributed by atoms with van der Waals surface area (Å²) in [6.07, 6.45) is 5.17. The number of carbonyl (C=O) groups is 1. The minimum atomic E-state index is -0.380. The molecule has 0 N–H and O–H groups in total. The number of thiazole rings is 1. The normalized spacial score (nSPS) is 14.8. The van der Waals surface area contributed by atoms with Crippen molar-refractivity contribution in [2.24, 2.45) is 0 Å². The number of aryl methyl sites for hydroxylation is 2. The fourth-order valence-corrected chi connectivity index (χ4v) is 4.32. The van der Waals surface area contributed by atoms with Crippen LogP contribution >= 0.6 is 22.9 Å². The van der Waals surface area contributed by atoms with Crippen LogP contribution < -0.4 is 5.56 Å². The van der Waals surface area contributed by atoms with Crippen molar-refractivity contribution in [1.29, 1.82) is 0 Å². The largest absolute Gasteiger partial charge is 0.378 e. The van der Waals surface area contributed by atoms with Crippen LogP contribution in [0.3, 0.4) is 0 Å². The van der Waals surface area contributed by atoms with Crippen molar-refractivity contribution >= 4 is 46.0 Å². The van der Waals surface area contributed by atoms with Gasteiger partial charge in [0.1, 0.15) is 9.90 Å². The maximum Gasteiger partial charge on any atom is 0.277 e. The van der Waals surface area contributed by atoms with Crippen LogP contribution in [0.5, 0.6) is 0 Å². The van der Waals surface area contributed by atoms with Crippen LogP contribution in [0, 0.1) is 13.8 Å². The molecule has 0 saturated carbocycles. The van der Waals surface area contributed by atoms with Gasteiger partial charge < -0.3 is 9.64 Å². The standard InChI is InChI=1S/C21H20ClN3O3S/c1-13-3-4-14(2)15(11-13)5-6-16-18(22)20(27)25-12-17(29-21(25)23-16)19(26)24-7-9-28-10-8-24/h3-6,11-12H,7-10H2,1-2H3/b6-5+. The van der Waals surface area contributed by atoms with E-state index in [1.807, 2.05) is 26.0 Å². The van der Waals surface area contributed by atoms with Gasteiger partial charge in [-0.2, -0.15) is 0 Å². The molecule has 0 spiro atoms. The van der Waals surface area contributed by atoms with Crippen molar-refractivity contribution in [1.82, 2.24) is 14.3 Å². The molecule has 0 radical (unpaired) electrons. The molecule has 3 aromatic rings. The van der Waals surface area contributed by atoms with Crippen LogP contribution in [0.4, 0.5) is 0 Å². The second-order valence-corrected chi connectivity index (χ2v) is 8.35. The number of rotatable bonds is 3. The van der Waals surface area contributed by atoms with Gasteiger partial charge in [0, 0.05) is 19.3 Å². The van der Waals surface area contributed by atoms with Crippen LogP contribution in [-0.4, -0.2) is 46.5 Å². The Kier molecular flexibility index (Phi) is 5.54. The zero-order valence-electron chi connectivity index (χ0n) is 16.1. The monoisotopic (exact) mass is 429 g/mol. The van der Waals surface area contributed by atoms with Gasteiger partial charge in [0.25, 0.3) is 11.5 Å². The van der Waals surface area contributed by atoms with Crippen LogP contribution in [0.1, 0.15) is 32.1 Å². The quantitative estimate of drug-likeness (QED) is 0.637. The van der Waals surface area contributed by atoms with Crippen molar-refractivity contribution in [3.8, 4) is 0 Å². The summed E-state index contributed by atoms with van der Waals surface area (Å²) in [6.45, 7) is 6.18. The number of carbonyl (C=O) groups excluding carboxylic acids is 1. The number of amides is 1. The molecule has 1 amide bonds.